The van der Waals surface area contributed by atoms with E-state index in [9.17, 15) is 4.79 Å². The summed E-state index contributed by atoms with van der Waals surface area (Å²) < 4.78 is 0. The molecule has 1 atom stereocenters. The van der Waals surface area contributed by atoms with Crippen molar-refractivity contribution < 1.29 is 4.79 Å². The Balaban J connectivity index is 2.30. The molecule has 0 spiro atoms. The zero-order chi connectivity index (χ0) is 13.4. The van der Waals surface area contributed by atoms with Crippen LogP contribution in [-0.4, -0.2) is 55.5 Å². The number of carbonyl (C=O) groups excluding carboxylic acids is 1. The molecule has 0 aromatic carbocycles. The van der Waals surface area contributed by atoms with Crippen molar-refractivity contribution >= 4 is 5.91 Å². The van der Waals surface area contributed by atoms with E-state index in [1.165, 1.54) is 25.7 Å². The first-order valence-corrected chi connectivity index (χ1v) is 7.33. The summed E-state index contributed by atoms with van der Waals surface area (Å²) in [6, 6.07) is 0. The molecule has 0 aromatic heterocycles. The first-order chi connectivity index (χ1) is 8.67. The predicted molar refractivity (Wildman–Crippen MR) is 75.4 cm³/mol. The van der Waals surface area contributed by atoms with Gasteiger partial charge in [-0.25, -0.2) is 0 Å². The smallest absolute Gasteiger partial charge is 0.236 e. The summed E-state index contributed by atoms with van der Waals surface area (Å²) in [7, 11) is 1.88. The second-order valence-electron chi connectivity index (χ2n) is 5.44. The molecule has 106 valence electrons. The third-order valence-electron chi connectivity index (χ3n) is 4.00. The van der Waals surface area contributed by atoms with E-state index in [0.29, 0.717) is 13.1 Å². The number of rotatable bonds is 6. The topological polar surface area (TPSA) is 49.6 Å². The van der Waals surface area contributed by atoms with Gasteiger partial charge in [-0.3, -0.25) is 9.69 Å². The van der Waals surface area contributed by atoms with E-state index in [0.717, 1.165) is 32.0 Å². The van der Waals surface area contributed by atoms with Crippen LogP contribution in [0.1, 0.15) is 39.0 Å². The monoisotopic (exact) mass is 255 g/mol. The Bertz CT molecular complexity index is 245. The largest absolute Gasteiger partial charge is 0.345 e. The zero-order valence-electron chi connectivity index (χ0n) is 12.0. The number of amides is 1. The molecule has 1 fully saturated rings. The van der Waals surface area contributed by atoms with E-state index in [-0.39, 0.29) is 5.91 Å². The molecule has 1 aliphatic rings. The second-order valence-corrected chi connectivity index (χ2v) is 5.44. The van der Waals surface area contributed by atoms with Gasteiger partial charge in [0.25, 0.3) is 0 Å². The summed E-state index contributed by atoms with van der Waals surface area (Å²) in [6.07, 6.45) is 5.97. The van der Waals surface area contributed by atoms with E-state index in [1.54, 1.807) is 0 Å². The van der Waals surface area contributed by atoms with Gasteiger partial charge in [0.1, 0.15) is 0 Å². The van der Waals surface area contributed by atoms with Gasteiger partial charge in [0.2, 0.25) is 5.91 Å². The fraction of sp³-hybridized carbons (Fsp3) is 0.929. The summed E-state index contributed by atoms with van der Waals surface area (Å²) in [5, 5.41) is 0. The molecule has 0 bridgehead atoms. The number of hydrogen-bond acceptors (Lipinski definition) is 3. The van der Waals surface area contributed by atoms with Crippen LogP contribution in [0.5, 0.6) is 0 Å². The molecular weight excluding hydrogens is 226 g/mol. The van der Waals surface area contributed by atoms with Crippen molar-refractivity contribution in [3.63, 3.8) is 0 Å². The molecule has 0 radical (unpaired) electrons. The number of likely N-dealkylation sites (N-methyl/N-ethyl adjacent to an activating group) is 1. The third-order valence-corrected chi connectivity index (χ3v) is 4.00. The van der Waals surface area contributed by atoms with Gasteiger partial charge in [0.05, 0.1) is 6.54 Å². The number of nitrogens with two attached hydrogens (primary N) is 1. The van der Waals surface area contributed by atoms with Gasteiger partial charge in [-0.05, 0) is 51.2 Å². The Kier molecular flexibility index (Phi) is 7.28. The first kappa shape index (κ1) is 15.4. The van der Waals surface area contributed by atoms with Crippen LogP contribution in [0, 0.1) is 5.92 Å². The Morgan fingerprint density at radius 1 is 1.39 bits per heavy atom. The molecule has 1 heterocycles. The van der Waals surface area contributed by atoms with Gasteiger partial charge in [0, 0.05) is 13.6 Å². The lowest BCUT2D eigenvalue weighted by molar-refractivity contribution is -0.131. The highest BCUT2D eigenvalue weighted by Crippen LogP contribution is 2.19. The molecule has 4 nitrogen and oxygen atoms in total. The van der Waals surface area contributed by atoms with Gasteiger partial charge < -0.3 is 10.6 Å². The molecule has 1 saturated heterocycles. The fourth-order valence-electron chi connectivity index (χ4n) is 2.56. The van der Waals surface area contributed by atoms with Crippen molar-refractivity contribution in [1.29, 1.82) is 0 Å². The summed E-state index contributed by atoms with van der Waals surface area (Å²) in [6.45, 7) is 6.44. The van der Waals surface area contributed by atoms with Gasteiger partial charge in [-0.2, -0.15) is 0 Å². The summed E-state index contributed by atoms with van der Waals surface area (Å²) in [5.74, 6) is 1.10. The highest BCUT2D eigenvalue weighted by molar-refractivity contribution is 5.77. The van der Waals surface area contributed by atoms with Crippen LogP contribution in [0.4, 0.5) is 0 Å². The molecule has 1 rings (SSSR count). The normalized spacial score (nSPS) is 21.6. The lowest BCUT2D eigenvalue weighted by atomic mass is 9.98. The molecule has 1 amide bonds. The highest BCUT2D eigenvalue weighted by Gasteiger charge is 2.18. The van der Waals surface area contributed by atoms with Crippen molar-refractivity contribution in [2.45, 2.75) is 39.0 Å². The number of nitrogens with zero attached hydrogens (tertiary/aromatic N) is 2. The molecule has 1 unspecified atom stereocenters. The first-order valence-electron chi connectivity index (χ1n) is 7.33. The van der Waals surface area contributed by atoms with Crippen LogP contribution in [0.2, 0.25) is 0 Å². The molecule has 4 heteroatoms. The Morgan fingerprint density at radius 3 is 2.83 bits per heavy atom. The van der Waals surface area contributed by atoms with Gasteiger partial charge in [-0.15, -0.1) is 0 Å². The maximum atomic E-state index is 12.0. The number of hydrogen-bond donors (Lipinski definition) is 1. The van der Waals surface area contributed by atoms with Gasteiger partial charge in [-0.1, -0.05) is 13.3 Å². The SMILES string of the molecule is CCC1CCCN(CC(=O)N(C)CCCN)CC1. The Hall–Kier alpha value is -0.610. The van der Waals surface area contributed by atoms with Gasteiger partial charge >= 0.3 is 0 Å². The van der Waals surface area contributed by atoms with Crippen LogP contribution in [0.3, 0.4) is 0 Å². The molecule has 1 aliphatic heterocycles. The lowest BCUT2D eigenvalue weighted by Crippen LogP contribution is -2.39. The van der Waals surface area contributed by atoms with Crippen LogP contribution in [0.15, 0.2) is 0 Å². The molecule has 18 heavy (non-hydrogen) atoms. The lowest BCUT2D eigenvalue weighted by Gasteiger charge is -2.23. The predicted octanol–water partition coefficient (Wildman–Crippen LogP) is 1.31. The maximum Gasteiger partial charge on any atom is 0.236 e. The maximum absolute atomic E-state index is 12.0. The Morgan fingerprint density at radius 2 is 2.17 bits per heavy atom. The van der Waals surface area contributed by atoms with E-state index >= 15 is 0 Å². The molecular formula is C14H29N3O. The molecule has 0 aromatic rings. The molecule has 0 saturated carbocycles. The van der Waals surface area contributed by atoms with Crippen LogP contribution in [-0.2, 0) is 4.79 Å². The minimum absolute atomic E-state index is 0.235. The van der Waals surface area contributed by atoms with Crippen molar-refractivity contribution in [3.05, 3.63) is 0 Å². The van der Waals surface area contributed by atoms with Crippen LogP contribution >= 0.6 is 0 Å². The minimum atomic E-state index is 0.235. The summed E-state index contributed by atoms with van der Waals surface area (Å²) in [5.41, 5.74) is 5.46. The number of likely N-dealkylation sites (tertiary alicyclic amines) is 1. The standard InChI is InChI=1S/C14H29N3O/c1-3-13-6-4-10-17(11-7-13)12-14(18)16(2)9-5-8-15/h13H,3-12,15H2,1-2H3. The average molecular weight is 255 g/mol. The van der Waals surface area contributed by atoms with Gasteiger partial charge in [0.15, 0.2) is 0 Å². The molecule has 0 aliphatic carbocycles. The third kappa shape index (κ3) is 5.36. The van der Waals surface area contributed by atoms with E-state index in [1.807, 2.05) is 11.9 Å². The van der Waals surface area contributed by atoms with Crippen molar-refractivity contribution in [2.75, 3.05) is 39.8 Å². The molecule has 2 N–H and O–H groups in total. The average Bonchev–Trinajstić information content (AvgIpc) is 2.61. The highest BCUT2D eigenvalue weighted by atomic mass is 16.2. The van der Waals surface area contributed by atoms with E-state index in [2.05, 4.69) is 11.8 Å². The van der Waals surface area contributed by atoms with E-state index in [4.69, 9.17) is 5.73 Å². The summed E-state index contributed by atoms with van der Waals surface area (Å²) in [4.78, 5) is 16.2. The quantitative estimate of drug-likeness (QED) is 0.778. The number of carbonyl (C=O) groups is 1. The van der Waals surface area contributed by atoms with Crippen LogP contribution in [0.25, 0.3) is 0 Å². The zero-order valence-corrected chi connectivity index (χ0v) is 12.0. The van der Waals surface area contributed by atoms with Crippen molar-refractivity contribution in [1.82, 2.24) is 9.80 Å². The summed E-state index contributed by atoms with van der Waals surface area (Å²) >= 11 is 0. The fourth-order valence-corrected chi connectivity index (χ4v) is 2.56. The minimum Gasteiger partial charge on any atom is -0.345 e. The van der Waals surface area contributed by atoms with Crippen molar-refractivity contribution in [3.8, 4) is 0 Å². The Labute approximate surface area is 111 Å². The van der Waals surface area contributed by atoms with Crippen LogP contribution < -0.4 is 5.73 Å². The second kappa shape index (κ2) is 8.48. The van der Waals surface area contributed by atoms with Crippen molar-refractivity contribution in [2.24, 2.45) is 11.7 Å². The van der Waals surface area contributed by atoms with E-state index < -0.39 is 0 Å².